The third-order valence-corrected chi connectivity index (χ3v) is 4.61. The first-order valence-electron chi connectivity index (χ1n) is 4.04. The lowest BCUT2D eigenvalue weighted by atomic mass is 10.2. The van der Waals surface area contributed by atoms with Crippen LogP contribution in [-0.2, 0) is 10.0 Å². The van der Waals surface area contributed by atoms with Crippen LogP contribution in [0.3, 0.4) is 0 Å². The monoisotopic (exact) mass is 277 g/mol. The Kier molecular flexibility index (Phi) is 3.34. The van der Waals surface area contributed by atoms with Crippen LogP contribution in [0.25, 0.3) is 0 Å². The zero-order chi connectivity index (χ0) is 10.9. The molecular formula is C9H12BrNO2S. The van der Waals surface area contributed by atoms with Crippen molar-refractivity contribution in [2.24, 2.45) is 0 Å². The first kappa shape index (κ1) is 11.7. The van der Waals surface area contributed by atoms with Gasteiger partial charge in [-0.1, -0.05) is 15.9 Å². The van der Waals surface area contributed by atoms with E-state index in [4.69, 9.17) is 0 Å². The Bertz CT molecular complexity index is 440. The van der Waals surface area contributed by atoms with E-state index in [0.717, 1.165) is 10.0 Å². The number of sulfonamides is 1. The smallest absolute Gasteiger partial charge is 0.207 e. The fraction of sp³-hybridized carbons (Fsp3) is 0.333. The molecule has 5 heteroatoms. The van der Waals surface area contributed by atoms with Gasteiger partial charge < -0.3 is 0 Å². The van der Waals surface area contributed by atoms with Crippen LogP contribution in [0.15, 0.2) is 27.6 Å². The zero-order valence-corrected chi connectivity index (χ0v) is 10.7. The number of aryl methyl sites for hydroxylation is 1. The van der Waals surface area contributed by atoms with Gasteiger partial charge in [-0.15, -0.1) is 0 Å². The summed E-state index contributed by atoms with van der Waals surface area (Å²) in [6.45, 7) is 1.86. The Morgan fingerprint density at radius 3 is 2.29 bits per heavy atom. The van der Waals surface area contributed by atoms with E-state index in [1.807, 2.05) is 6.92 Å². The van der Waals surface area contributed by atoms with Gasteiger partial charge in [0.2, 0.25) is 10.0 Å². The maximum atomic E-state index is 11.7. The molecule has 0 atom stereocenters. The molecule has 0 unspecified atom stereocenters. The highest BCUT2D eigenvalue weighted by atomic mass is 79.9. The summed E-state index contributed by atoms with van der Waals surface area (Å²) < 4.78 is 25.5. The molecule has 0 N–H and O–H groups in total. The summed E-state index contributed by atoms with van der Waals surface area (Å²) in [6, 6.07) is 4.98. The number of halogens is 1. The predicted molar refractivity (Wildman–Crippen MR) is 59.8 cm³/mol. The van der Waals surface area contributed by atoms with Crippen molar-refractivity contribution in [3.05, 3.63) is 28.2 Å². The Hall–Kier alpha value is -0.390. The van der Waals surface area contributed by atoms with Gasteiger partial charge >= 0.3 is 0 Å². The number of hydrogen-bond donors (Lipinski definition) is 0. The fourth-order valence-corrected chi connectivity index (χ4v) is 2.22. The second-order valence-corrected chi connectivity index (χ2v) is 6.20. The lowest BCUT2D eigenvalue weighted by molar-refractivity contribution is 0.520. The molecule has 0 bridgehead atoms. The molecule has 0 radical (unpaired) electrons. The van der Waals surface area contributed by atoms with Gasteiger partial charge in [0.15, 0.2) is 0 Å². The maximum Gasteiger partial charge on any atom is 0.242 e. The lowest BCUT2D eigenvalue weighted by Crippen LogP contribution is -2.22. The van der Waals surface area contributed by atoms with Crippen molar-refractivity contribution in [2.45, 2.75) is 11.8 Å². The highest BCUT2D eigenvalue weighted by Crippen LogP contribution is 2.21. The summed E-state index contributed by atoms with van der Waals surface area (Å²) in [5, 5.41) is 0. The van der Waals surface area contributed by atoms with Gasteiger partial charge in [-0.3, -0.25) is 0 Å². The quantitative estimate of drug-likeness (QED) is 0.829. The predicted octanol–water partition coefficient (Wildman–Crippen LogP) is 2.01. The Morgan fingerprint density at radius 1 is 1.29 bits per heavy atom. The van der Waals surface area contributed by atoms with Crippen molar-refractivity contribution < 1.29 is 8.42 Å². The summed E-state index contributed by atoms with van der Waals surface area (Å²) >= 11 is 3.32. The van der Waals surface area contributed by atoms with E-state index in [2.05, 4.69) is 15.9 Å². The van der Waals surface area contributed by atoms with Gasteiger partial charge in [0.05, 0.1) is 4.90 Å². The molecule has 0 aliphatic carbocycles. The van der Waals surface area contributed by atoms with E-state index in [9.17, 15) is 8.42 Å². The average molecular weight is 278 g/mol. The number of hydrogen-bond acceptors (Lipinski definition) is 2. The minimum absolute atomic E-state index is 0.322. The summed E-state index contributed by atoms with van der Waals surface area (Å²) in [6.07, 6.45) is 0. The molecule has 0 aliphatic heterocycles. The molecule has 0 heterocycles. The van der Waals surface area contributed by atoms with Crippen molar-refractivity contribution in [3.8, 4) is 0 Å². The van der Waals surface area contributed by atoms with Crippen LogP contribution in [0.1, 0.15) is 5.56 Å². The number of nitrogens with zero attached hydrogens (tertiary/aromatic N) is 1. The third kappa shape index (κ3) is 2.16. The van der Waals surface area contributed by atoms with E-state index in [1.165, 1.54) is 18.4 Å². The Balaban J connectivity index is 3.29. The summed E-state index contributed by atoms with van der Waals surface area (Å²) in [4.78, 5) is 0.322. The van der Waals surface area contributed by atoms with Crippen LogP contribution in [0.2, 0.25) is 0 Å². The SMILES string of the molecule is Cc1cc(S(=O)(=O)N(C)C)ccc1Br. The molecule has 0 spiro atoms. The molecule has 0 aliphatic rings. The number of benzene rings is 1. The zero-order valence-electron chi connectivity index (χ0n) is 8.28. The molecular weight excluding hydrogens is 266 g/mol. The Morgan fingerprint density at radius 2 is 1.86 bits per heavy atom. The van der Waals surface area contributed by atoms with Crippen LogP contribution < -0.4 is 0 Å². The minimum Gasteiger partial charge on any atom is -0.207 e. The van der Waals surface area contributed by atoms with Crippen LogP contribution >= 0.6 is 15.9 Å². The first-order valence-corrected chi connectivity index (χ1v) is 6.27. The highest BCUT2D eigenvalue weighted by Gasteiger charge is 2.17. The van der Waals surface area contributed by atoms with Crippen molar-refractivity contribution >= 4 is 26.0 Å². The van der Waals surface area contributed by atoms with Gasteiger partial charge in [-0.25, -0.2) is 12.7 Å². The molecule has 0 fully saturated rings. The number of rotatable bonds is 2. The van der Waals surface area contributed by atoms with Crippen molar-refractivity contribution in [1.82, 2.24) is 4.31 Å². The van der Waals surface area contributed by atoms with Crippen molar-refractivity contribution in [2.75, 3.05) is 14.1 Å². The molecule has 1 rings (SSSR count). The van der Waals surface area contributed by atoms with Gasteiger partial charge in [-0.2, -0.15) is 0 Å². The molecule has 0 aromatic heterocycles. The molecule has 1 aromatic carbocycles. The molecule has 0 saturated heterocycles. The third-order valence-electron chi connectivity index (χ3n) is 1.91. The van der Waals surface area contributed by atoms with Crippen LogP contribution in [0.4, 0.5) is 0 Å². The molecule has 3 nitrogen and oxygen atoms in total. The van der Waals surface area contributed by atoms with Gasteiger partial charge in [-0.05, 0) is 30.7 Å². The first-order chi connectivity index (χ1) is 6.35. The van der Waals surface area contributed by atoms with E-state index in [0.29, 0.717) is 4.90 Å². The van der Waals surface area contributed by atoms with E-state index < -0.39 is 10.0 Å². The van der Waals surface area contributed by atoms with E-state index in [1.54, 1.807) is 18.2 Å². The Labute approximate surface area is 92.9 Å². The molecule has 0 saturated carbocycles. The largest absolute Gasteiger partial charge is 0.242 e. The highest BCUT2D eigenvalue weighted by molar-refractivity contribution is 9.10. The fourth-order valence-electron chi connectivity index (χ4n) is 0.988. The maximum absolute atomic E-state index is 11.7. The minimum atomic E-state index is -3.30. The molecule has 0 amide bonds. The van der Waals surface area contributed by atoms with Crippen LogP contribution in [-0.4, -0.2) is 26.8 Å². The van der Waals surface area contributed by atoms with Crippen molar-refractivity contribution in [1.29, 1.82) is 0 Å². The standard InChI is InChI=1S/C9H12BrNO2S/c1-7-6-8(4-5-9(7)10)14(12,13)11(2)3/h4-6H,1-3H3. The summed E-state index contributed by atoms with van der Waals surface area (Å²) in [7, 11) is -0.263. The average Bonchev–Trinajstić information content (AvgIpc) is 2.09. The molecule has 78 valence electrons. The normalized spacial score (nSPS) is 12.1. The van der Waals surface area contributed by atoms with Crippen LogP contribution in [0, 0.1) is 6.92 Å². The second kappa shape index (κ2) is 4.00. The molecule has 14 heavy (non-hydrogen) atoms. The second-order valence-electron chi connectivity index (χ2n) is 3.20. The van der Waals surface area contributed by atoms with E-state index in [-0.39, 0.29) is 0 Å². The lowest BCUT2D eigenvalue weighted by Gasteiger charge is -2.11. The summed E-state index contributed by atoms with van der Waals surface area (Å²) in [5.74, 6) is 0. The van der Waals surface area contributed by atoms with E-state index >= 15 is 0 Å². The molecule has 1 aromatic rings. The van der Waals surface area contributed by atoms with Crippen LogP contribution in [0.5, 0.6) is 0 Å². The summed E-state index contributed by atoms with van der Waals surface area (Å²) in [5.41, 5.74) is 0.910. The van der Waals surface area contributed by atoms with Gasteiger partial charge in [0, 0.05) is 18.6 Å². The van der Waals surface area contributed by atoms with Crippen molar-refractivity contribution in [3.63, 3.8) is 0 Å². The van der Waals surface area contributed by atoms with Gasteiger partial charge in [0.25, 0.3) is 0 Å². The topological polar surface area (TPSA) is 37.4 Å². The van der Waals surface area contributed by atoms with Gasteiger partial charge in [0.1, 0.15) is 0 Å².